The molecule has 6 nitrogen and oxygen atoms in total. The molecule has 1 atom stereocenters. The third-order valence-corrected chi connectivity index (χ3v) is 5.22. The lowest BCUT2D eigenvalue weighted by atomic mass is 10.2. The predicted molar refractivity (Wildman–Crippen MR) is 81.8 cm³/mol. The van der Waals surface area contributed by atoms with Crippen LogP contribution in [-0.4, -0.2) is 27.7 Å². The first-order valence-corrected chi connectivity index (χ1v) is 8.43. The topological polar surface area (TPSA) is 77.0 Å². The Hall–Kier alpha value is -1.38. The standard InChI is InChI=1S/C13H16N4O2S2/c1-7-10(20-8(2)14-7)6-11(18)15-13-17-16-12(21-13)9-4-3-5-19-9/h9H,3-6H2,1-2H3,(H,15,17,18)/t9-/m1/s1. The molecule has 2 aromatic rings. The average molecular weight is 324 g/mol. The van der Waals surface area contributed by atoms with E-state index >= 15 is 0 Å². The number of aryl methyl sites for hydroxylation is 2. The van der Waals surface area contributed by atoms with Crippen molar-refractivity contribution in [2.45, 2.75) is 39.2 Å². The Kier molecular flexibility index (Phi) is 4.27. The van der Waals surface area contributed by atoms with Crippen LogP contribution in [0, 0.1) is 13.8 Å². The highest BCUT2D eigenvalue weighted by molar-refractivity contribution is 7.15. The van der Waals surface area contributed by atoms with Gasteiger partial charge in [-0.3, -0.25) is 4.79 Å². The summed E-state index contributed by atoms with van der Waals surface area (Å²) >= 11 is 2.94. The molecule has 1 saturated heterocycles. The number of rotatable bonds is 4. The highest BCUT2D eigenvalue weighted by Crippen LogP contribution is 2.31. The number of ether oxygens (including phenoxy) is 1. The molecule has 0 aromatic carbocycles. The Morgan fingerprint density at radius 1 is 1.38 bits per heavy atom. The molecule has 0 bridgehead atoms. The monoisotopic (exact) mass is 324 g/mol. The van der Waals surface area contributed by atoms with Gasteiger partial charge in [-0.15, -0.1) is 21.5 Å². The van der Waals surface area contributed by atoms with Gasteiger partial charge >= 0.3 is 0 Å². The van der Waals surface area contributed by atoms with Crippen molar-refractivity contribution in [3.8, 4) is 0 Å². The molecule has 8 heteroatoms. The van der Waals surface area contributed by atoms with Gasteiger partial charge in [-0.2, -0.15) is 0 Å². The summed E-state index contributed by atoms with van der Waals surface area (Å²) in [4.78, 5) is 17.4. The van der Waals surface area contributed by atoms with Gasteiger partial charge in [-0.25, -0.2) is 4.98 Å². The van der Waals surface area contributed by atoms with E-state index in [2.05, 4.69) is 20.5 Å². The number of nitrogens with zero attached hydrogens (tertiary/aromatic N) is 3. The van der Waals surface area contributed by atoms with Crippen LogP contribution in [-0.2, 0) is 16.0 Å². The Morgan fingerprint density at radius 2 is 2.24 bits per heavy atom. The Bertz CT molecular complexity index is 646. The van der Waals surface area contributed by atoms with Crippen LogP contribution in [0.3, 0.4) is 0 Å². The molecule has 112 valence electrons. The van der Waals surface area contributed by atoms with Gasteiger partial charge in [0.2, 0.25) is 11.0 Å². The van der Waals surface area contributed by atoms with Crippen LogP contribution in [0.1, 0.15) is 39.5 Å². The van der Waals surface area contributed by atoms with E-state index in [0.717, 1.165) is 40.0 Å². The van der Waals surface area contributed by atoms with Crippen molar-refractivity contribution < 1.29 is 9.53 Å². The fraction of sp³-hybridized carbons (Fsp3) is 0.538. The molecule has 3 heterocycles. The Morgan fingerprint density at radius 3 is 2.90 bits per heavy atom. The van der Waals surface area contributed by atoms with E-state index in [4.69, 9.17) is 4.74 Å². The Balaban J connectivity index is 1.61. The summed E-state index contributed by atoms with van der Waals surface area (Å²) in [5.41, 5.74) is 0.921. The first-order chi connectivity index (χ1) is 10.1. The van der Waals surface area contributed by atoms with Crippen molar-refractivity contribution in [1.29, 1.82) is 0 Å². The molecule has 0 unspecified atom stereocenters. The second kappa shape index (κ2) is 6.17. The van der Waals surface area contributed by atoms with Crippen molar-refractivity contribution in [2.24, 2.45) is 0 Å². The molecule has 0 spiro atoms. The van der Waals surface area contributed by atoms with E-state index in [1.54, 1.807) is 11.3 Å². The lowest BCUT2D eigenvalue weighted by Crippen LogP contribution is -2.14. The number of carbonyl (C=O) groups is 1. The third kappa shape index (κ3) is 3.45. The number of carbonyl (C=O) groups excluding carboxylic acids is 1. The lowest BCUT2D eigenvalue weighted by molar-refractivity contribution is -0.115. The van der Waals surface area contributed by atoms with Crippen LogP contribution in [0.15, 0.2) is 0 Å². The second-order valence-corrected chi connectivity index (χ2v) is 7.21. The van der Waals surface area contributed by atoms with Gasteiger partial charge in [0.15, 0.2) is 0 Å². The quantitative estimate of drug-likeness (QED) is 0.935. The summed E-state index contributed by atoms with van der Waals surface area (Å²) in [6, 6.07) is 0. The van der Waals surface area contributed by atoms with Crippen molar-refractivity contribution in [3.63, 3.8) is 0 Å². The summed E-state index contributed by atoms with van der Waals surface area (Å²) in [6.45, 7) is 4.64. The summed E-state index contributed by atoms with van der Waals surface area (Å²) in [7, 11) is 0. The minimum atomic E-state index is -0.0863. The van der Waals surface area contributed by atoms with Crippen molar-refractivity contribution in [3.05, 3.63) is 20.6 Å². The van der Waals surface area contributed by atoms with E-state index in [-0.39, 0.29) is 12.0 Å². The Labute approximate surface area is 130 Å². The molecule has 1 aliphatic heterocycles. The molecule has 0 saturated carbocycles. The summed E-state index contributed by atoms with van der Waals surface area (Å²) < 4.78 is 5.56. The van der Waals surface area contributed by atoms with Crippen LogP contribution in [0.25, 0.3) is 0 Å². The van der Waals surface area contributed by atoms with Gasteiger partial charge in [0.25, 0.3) is 0 Å². The molecule has 0 aliphatic carbocycles. The van der Waals surface area contributed by atoms with Crippen molar-refractivity contribution in [1.82, 2.24) is 15.2 Å². The van der Waals surface area contributed by atoms with E-state index < -0.39 is 0 Å². The maximum absolute atomic E-state index is 12.0. The van der Waals surface area contributed by atoms with Gasteiger partial charge in [0.05, 0.1) is 17.1 Å². The van der Waals surface area contributed by atoms with Gasteiger partial charge in [0.1, 0.15) is 11.1 Å². The molecule has 3 rings (SSSR count). The zero-order chi connectivity index (χ0) is 14.8. The third-order valence-electron chi connectivity index (χ3n) is 3.21. The molecule has 1 amide bonds. The zero-order valence-corrected chi connectivity index (χ0v) is 13.5. The fourth-order valence-electron chi connectivity index (χ4n) is 2.23. The molecule has 2 aromatic heterocycles. The van der Waals surface area contributed by atoms with Crippen LogP contribution in [0.2, 0.25) is 0 Å². The minimum absolute atomic E-state index is 0.0412. The van der Waals surface area contributed by atoms with E-state index in [1.165, 1.54) is 11.3 Å². The molecule has 21 heavy (non-hydrogen) atoms. The molecule has 1 N–H and O–H groups in total. The number of hydrogen-bond donors (Lipinski definition) is 1. The number of anilines is 1. The molecular formula is C13H16N4O2S2. The average Bonchev–Trinajstić information content (AvgIpc) is 3.11. The van der Waals surface area contributed by atoms with Gasteiger partial charge in [0, 0.05) is 11.5 Å². The molecular weight excluding hydrogens is 308 g/mol. The largest absolute Gasteiger partial charge is 0.371 e. The highest BCUT2D eigenvalue weighted by Gasteiger charge is 2.22. The maximum Gasteiger partial charge on any atom is 0.231 e. The summed E-state index contributed by atoms with van der Waals surface area (Å²) in [5.74, 6) is -0.0863. The fourth-order valence-corrected chi connectivity index (χ4v) is 4.01. The van der Waals surface area contributed by atoms with Crippen molar-refractivity contribution in [2.75, 3.05) is 11.9 Å². The van der Waals surface area contributed by atoms with Gasteiger partial charge in [-0.05, 0) is 26.7 Å². The molecule has 1 aliphatic rings. The van der Waals surface area contributed by atoms with Crippen LogP contribution < -0.4 is 5.32 Å². The minimum Gasteiger partial charge on any atom is -0.371 e. The van der Waals surface area contributed by atoms with Gasteiger partial charge < -0.3 is 10.1 Å². The highest BCUT2D eigenvalue weighted by atomic mass is 32.1. The maximum atomic E-state index is 12.0. The van der Waals surface area contributed by atoms with Crippen molar-refractivity contribution >= 4 is 33.7 Å². The number of amides is 1. The second-order valence-electron chi connectivity index (χ2n) is 4.91. The van der Waals surface area contributed by atoms with Crippen LogP contribution >= 0.6 is 22.7 Å². The van der Waals surface area contributed by atoms with E-state index in [0.29, 0.717) is 11.6 Å². The first-order valence-electron chi connectivity index (χ1n) is 6.79. The molecule has 0 radical (unpaired) electrons. The SMILES string of the molecule is Cc1nc(C)c(CC(=O)Nc2nnc([C@H]3CCCO3)s2)s1. The van der Waals surface area contributed by atoms with E-state index in [9.17, 15) is 4.79 Å². The zero-order valence-electron chi connectivity index (χ0n) is 11.9. The first kappa shape index (κ1) is 14.6. The number of aromatic nitrogens is 3. The van der Waals surface area contributed by atoms with Crippen LogP contribution in [0.5, 0.6) is 0 Å². The smallest absolute Gasteiger partial charge is 0.231 e. The normalized spacial score (nSPS) is 18.1. The predicted octanol–water partition coefficient (Wildman–Crippen LogP) is 2.64. The lowest BCUT2D eigenvalue weighted by Gasteiger charge is -2.02. The van der Waals surface area contributed by atoms with Crippen LogP contribution in [0.4, 0.5) is 5.13 Å². The summed E-state index contributed by atoms with van der Waals surface area (Å²) in [6.07, 6.45) is 2.39. The van der Waals surface area contributed by atoms with Gasteiger partial charge in [-0.1, -0.05) is 11.3 Å². The number of thiazole rings is 1. The van der Waals surface area contributed by atoms with E-state index in [1.807, 2.05) is 13.8 Å². The molecule has 1 fully saturated rings. The summed E-state index contributed by atoms with van der Waals surface area (Å²) in [5, 5.41) is 13.3. The number of nitrogens with one attached hydrogen (secondary N) is 1. The number of hydrogen-bond acceptors (Lipinski definition) is 7.